The van der Waals surface area contributed by atoms with E-state index in [0.717, 1.165) is 28.6 Å². The van der Waals surface area contributed by atoms with Gasteiger partial charge in [0.2, 0.25) is 0 Å². The van der Waals surface area contributed by atoms with Crippen LogP contribution in [0.4, 0.5) is 5.82 Å². The normalized spacial score (nSPS) is 13.6. The Balaban J connectivity index is 1.72. The molecule has 3 aromatic heterocycles. The van der Waals surface area contributed by atoms with Gasteiger partial charge in [-0.15, -0.1) is 10.2 Å². The zero-order chi connectivity index (χ0) is 21.5. The first-order valence-electron chi connectivity index (χ1n) is 9.83. The third kappa shape index (κ3) is 5.18. The summed E-state index contributed by atoms with van der Waals surface area (Å²) < 4.78 is 6.76. The lowest BCUT2D eigenvalue weighted by atomic mass is 9.96. The van der Waals surface area contributed by atoms with Crippen LogP contribution in [-0.4, -0.2) is 57.8 Å². The minimum atomic E-state index is 0.223. The van der Waals surface area contributed by atoms with E-state index < -0.39 is 0 Å². The maximum absolute atomic E-state index is 6.36. The molecule has 30 heavy (non-hydrogen) atoms. The molecule has 0 bridgehead atoms. The van der Waals surface area contributed by atoms with Crippen molar-refractivity contribution in [1.82, 2.24) is 24.8 Å². The van der Waals surface area contributed by atoms with Crippen molar-refractivity contribution in [2.24, 2.45) is 10.7 Å². The largest absolute Gasteiger partial charge is 0.402 e. The van der Waals surface area contributed by atoms with Crippen LogP contribution in [-0.2, 0) is 4.74 Å². The number of fused-ring (bicyclic) bond motifs is 1. The molecular formula is C21H28N8O. The van der Waals surface area contributed by atoms with E-state index in [1.54, 1.807) is 24.9 Å². The molecule has 0 saturated carbocycles. The van der Waals surface area contributed by atoms with Crippen molar-refractivity contribution in [3.8, 4) is 0 Å². The fourth-order valence-electron chi connectivity index (χ4n) is 3.12. The van der Waals surface area contributed by atoms with Crippen molar-refractivity contribution in [3.05, 3.63) is 59.3 Å². The fraction of sp³-hybridized carbons (Fsp3) is 0.381. The number of aryl methyl sites for hydroxylation is 1. The van der Waals surface area contributed by atoms with Crippen LogP contribution in [0, 0.1) is 6.92 Å². The number of aromatic nitrogens is 5. The van der Waals surface area contributed by atoms with Crippen LogP contribution in [0.3, 0.4) is 0 Å². The molecule has 1 unspecified atom stereocenters. The molecule has 3 N–H and O–H groups in total. The maximum Gasteiger partial charge on any atom is 0.177 e. The number of rotatable bonds is 9. The number of hydrogen-bond donors (Lipinski definition) is 2. The van der Waals surface area contributed by atoms with Crippen LogP contribution in [0.15, 0.2) is 47.2 Å². The number of nitrogens with two attached hydrogens (primary N) is 1. The Hall–Kier alpha value is -3.33. The predicted molar refractivity (Wildman–Crippen MR) is 118 cm³/mol. The quantitative estimate of drug-likeness (QED) is 0.412. The first kappa shape index (κ1) is 21.4. The Kier molecular flexibility index (Phi) is 7.08. The summed E-state index contributed by atoms with van der Waals surface area (Å²) in [4.78, 5) is 8.72. The Morgan fingerprint density at radius 1 is 1.33 bits per heavy atom. The molecule has 0 aromatic carbocycles. The number of ether oxygens (including phenoxy) is 1. The number of methoxy groups -OCH3 is 1. The molecule has 0 aliphatic rings. The second-order valence-corrected chi connectivity index (χ2v) is 7.06. The van der Waals surface area contributed by atoms with Gasteiger partial charge >= 0.3 is 0 Å². The molecule has 0 fully saturated rings. The number of nitrogens with one attached hydrogen (secondary N) is 1. The summed E-state index contributed by atoms with van der Waals surface area (Å²) in [6, 6.07) is 7.81. The van der Waals surface area contributed by atoms with E-state index in [2.05, 4.69) is 37.5 Å². The van der Waals surface area contributed by atoms with Crippen LogP contribution in [0.25, 0.3) is 5.65 Å². The summed E-state index contributed by atoms with van der Waals surface area (Å²) in [6.45, 7) is 5.34. The van der Waals surface area contributed by atoms with Gasteiger partial charge in [0.15, 0.2) is 11.5 Å². The summed E-state index contributed by atoms with van der Waals surface area (Å²) in [5, 5.41) is 15.9. The third-order valence-electron chi connectivity index (χ3n) is 4.75. The van der Waals surface area contributed by atoms with E-state index in [1.807, 2.05) is 37.3 Å². The van der Waals surface area contributed by atoms with E-state index in [0.29, 0.717) is 30.9 Å². The first-order chi connectivity index (χ1) is 14.5. The second kappa shape index (κ2) is 9.93. The molecule has 0 aliphatic heterocycles. The topological polar surface area (TPSA) is 116 Å². The van der Waals surface area contributed by atoms with Gasteiger partial charge < -0.3 is 15.8 Å². The Bertz CT molecular complexity index is 1060. The lowest BCUT2D eigenvalue weighted by molar-refractivity contribution is 0.210. The molecule has 158 valence electrons. The van der Waals surface area contributed by atoms with Gasteiger partial charge in [-0.3, -0.25) is 4.99 Å². The van der Waals surface area contributed by atoms with Crippen molar-refractivity contribution in [2.75, 3.05) is 32.6 Å². The zero-order valence-corrected chi connectivity index (χ0v) is 17.8. The number of hydrogen-bond acceptors (Lipinski definition) is 8. The van der Waals surface area contributed by atoms with Gasteiger partial charge in [0.05, 0.1) is 12.3 Å². The van der Waals surface area contributed by atoms with Crippen molar-refractivity contribution < 1.29 is 4.74 Å². The molecule has 3 rings (SSSR count). The van der Waals surface area contributed by atoms with Crippen molar-refractivity contribution in [3.63, 3.8) is 0 Å². The van der Waals surface area contributed by atoms with E-state index >= 15 is 0 Å². The van der Waals surface area contributed by atoms with Crippen molar-refractivity contribution in [2.45, 2.75) is 26.2 Å². The summed E-state index contributed by atoms with van der Waals surface area (Å²) in [5.74, 6) is 1.78. The van der Waals surface area contributed by atoms with Gasteiger partial charge in [0.1, 0.15) is 11.5 Å². The third-order valence-corrected chi connectivity index (χ3v) is 4.75. The van der Waals surface area contributed by atoms with Gasteiger partial charge in [0.25, 0.3) is 0 Å². The summed E-state index contributed by atoms with van der Waals surface area (Å²) in [7, 11) is 3.41. The second-order valence-electron chi connectivity index (χ2n) is 7.06. The molecule has 3 heterocycles. The van der Waals surface area contributed by atoms with Crippen LogP contribution < -0.4 is 11.1 Å². The molecule has 0 saturated heterocycles. The number of pyridine rings is 1. The number of aliphatic imine (C=N–C) groups is 1. The number of allylic oxidation sites excluding steroid dienone is 2. The number of nitrogens with zero attached hydrogens (tertiary/aromatic N) is 6. The highest BCUT2D eigenvalue weighted by Crippen LogP contribution is 2.23. The lowest BCUT2D eigenvalue weighted by Gasteiger charge is -2.14. The molecule has 9 nitrogen and oxygen atoms in total. The summed E-state index contributed by atoms with van der Waals surface area (Å²) in [6.07, 6.45) is 4.37. The summed E-state index contributed by atoms with van der Waals surface area (Å²) >= 11 is 0. The monoisotopic (exact) mass is 408 g/mol. The smallest absolute Gasteiger partial charge is 0.177 e. The molecule has 0 aliphatic carbocycles. The predicted octanol–water partition coefficient (Wildman–Crippen LogP) is 2.34. The van der Waals surface area contributed by atoms with Gasteiger partial charge in [-0.05, 0) is 55.2 Å². The first-order valence-corrected chi connectivity index (χ1v) is 9.83. The minimum absolute atomic E-state index is 0.223. The molecule has 0 amide bonds. The van der Waals surface area contributed by atoms with E-state index in [1.165, 1.54) is 0 Å². The van der Waals surface area contributed by atoms with Gasteiger partial charge in [0, 0.05) is 32.6 Å². The van der Waals surface area contributed by atoms with Gasteiger partial charge in [-0.25, -0.2) is 4.98 Å². The Morgan fingerprint density at radius 2 is 2.17 bits per heavy atom. The standard InChI is InChI=1S/C21H28N8O/c1-14(16-7-8-24-20(12-16)25-9-10-30-4)11-17(22)13-19(23-3)18-5-6-21-27-26-15(2)29(21)28-18/h5-8,12-14H,9-11,22H2,1-4H3,(H,24,25). The summed E-state index contributed by atoms with van der Waals surface area (Å²) in [5.41, 5.74) is 10.4. The SMILES string of the molecule is CN=C(C=C(N)CC(C)c1ccnc(NCCOC)c1)c1ccc2nnc(C)n2n1. The molecule has 0 spiro atoms. The highest BCUT2D eigenvalue weighted by molar-refractivity contribution is 6.07. The van der Waals surface area contributed by atoms with Crippen molar-refractivity contribution in [1.29, 1.82) is 0 Å². The number of anilines is 1. The van der Waals surface area contributed by atoms with Crippen LogP contribution in [0.1, 0.15) is 36.3 Å². The van der Waals surface area contributed by atoms with Crippen molar-refractivity contribution >= 4 is 17.2 Å². The van der Waals surface area contributed by atoms with Gasteiger partial charge in [-0.1, -0.05) is 6.92 Å². The highest BCUT2D eigenvalue weighted by Gasteiger charge is 2.11. The maximum atomic E-state index is 6.36. The van der Waals surface area contributed by atoms with Crippen LogP contribution in [0.2, 0.25) is 0 Å². The molecule has 3 aromatic rings. The Morgan fingerprint density at radius 3 is 2.93 bits per heavy atom. The molecule has 0 radical (unpaired) electrons. The lowest BCUT2D eigenvalue weighted by Crippen LogP contribution is -2.11. The van der Waals surface area contributed by atoms with Crippen LogP contribution >= 0.6 is 0 Å². The van der Waals surface area contributed by atoms with E-state index in [-0.39, 0.29) is 5.92 Å². The minimum Gasteiger partial charge on any atom is -0.402 e. The Labute approximate surface area is 176 Å². The molecular weight excluding hydrogens is 380 g/mol. The van der Waals surface area contributed by atoms with E-state index in [9.17, 15) is 0 Å². The van der Waals surface area contributed by atoms with Crippen LogP contribution in [0.5, 0.6) is 0 Å². The average Bonchev–Trinajstić information content (AvgIpc) is 3.12. The van der Waals surface area contributed by atoms with Gasteiger partial charge in [-0.2, -0.15) is 9.61 Å². The average molecular weight is 409 g/mol. The zero-order valence-electron chi connectivity index (χ0n) is 17.8. The molecule has 9 heteroatoms. The fourth-order valence-corrected chi connectivity index (χ4v) is 3.12. The van der Waals surface area contributed by atoms with E-state index in [4.69, 9.17) is 10.5 Å². The highest BCUT2D eigenvalue weighted by atomic mass is 16.5. The molecule has 1 atom stereocenters.